The summed E-state index contributed by atoms with van der Waals surface area (Å²) in [5.74, 6) is 0.880. The van der Waals surface area contributed by atoms with Crippen molar-refractivity contribution in [2.24, 2.45) is 5.92 Å². The zero-order valence-electron chi connectivity index (χ0n) is 12.6. The minimum atomic E-state index is 0.313. The highest BCUT2D eigenvalue weighted by atomic mass is 15.2. The van der Waals surface area contributed by atoms with Crippen LogP contribution in [0.4, 0.5) is 0 Å². The topological polar surface area (TPSA) is 15.3 Å². The van der Waals surface area contributed by atoms with Gasteiger partial charge in [0.05, 0.1) is 0 Å². The van der Waals surface area contributed by atoms with Crippen molar-refractivity contribution in [2.75, 3.05) is 20.1 Å². The van der Waals surface area contributed by atoms with Gasteiger partial charge < -0.3 is 5.32 Å². The third-order valence-electron chi connectivity index (χ3n) is 5.05. The minimum absolute atomic E-state index is 0.313. The lowest BCUT2D eigenvalue weighted by Crippen LogP contribution is -2.61. The molecule has 17 heavy (non-hydrogen) atoms. The van der Waals surface area contributed by atoms with Crippen molar-refractivity contribution >= 4 is 0 Å². The van der Waals surface area contributed by atoms with Crippen LogP contribution in [0.1, 0.15) is 59.8 Å². The number of hydrogen-bond acceptors (Lipinski definition) is 2. The molecule has 0 bridgehead atoms. The van der Waals surface area contributed by atoms with E-state index >= 15 is 0 Å². The van der Waals surface area contributed by atoms with Crippen LogP contribution in [0.5, 0.6) is 0 Å². The second-order valence-corrected chi connectivity index (χ2v) is 5.69. The fraction of sp³-hybridized carbons (Fsp3) is 1.00. The van der Waals surface area contributed by atoms with E-state index in [1.807, 2.05) is 0 Å². The van der Waals surface area contributed by atoms with E-state index in [1.165, 1.54) is 32.1 Å². The van der Waals surface area contributed by atoms with Crippen molar-refractivity contribution in [2.45, 2.75) is 71.4 Å². The Balaban J connectivity index is 2.86. The van der Waals surface area contributed by atoms with Crippen LogP contribution in [0.15, 0.2) is 0 Å². The summed E-state index contributed by atoms with van der Waals surface area (Å²) in [6, 6.07) is 0.648. The number of rotatable bonds is 7. The predicted molar refractivity (Wildman–Crippen MR) is 76.4 cm³/mol. The van der Waals surface area contributed by atoms with E-state index in [0.29, 0.717) is 11.6 Å². The van der Waals surface area contributed by atoms with Crippen molar-refractivity contribution in [3.05, 3.63) is 0 Å². The molecule has 2 unspecified atom stereocenters. The van der Waals surface area contributed by atoms with Gasteiger partial charge in [-0.25, -0.2) is 0 Å². The van der Waals surface area contributed by atoms with E-state index in [-0.39, 0.29) is 0 Å². The Labute approximate surface area is 108 Å². The Bertz CT molecular complexity index is 207. The highest BCUT2D eigenvalue weighted by Crippen LogP contribution is 2.36. The molecule has 0 spiro atoms. The SMILES string of the molecule is CCN(CC)C(C)(CC)C(NC)C1CCCC1. The molecular weight excluding hydrogens is 208 g/mol. The Morgan fingerprint density at radius 3 is 2.06 bits per heavy atom. The monoisotopic (exact) mass is 240 g/mol. The summed E-state index contributed by atoms with van der Waals surface area (Å²) in [7, 11) is 2.15. The summed E-state index contributed by atoms with van der Waals surface area (Å²) >= 11 is 0. The zero-order valence-corrected chi connectivity index (χ0v) is 12.6. The van der Waals surface area contributed by atoms with Gasteiger partial charge >= 0.3 is 0 Å². The molecule has 1 aliphatic carbocycles. The van der Waals surface area contributed by atoms with Gasteiger partial charge in [-0.3, -0.25) is 4.90 Å². The smallest absolute Gasteiger partial charge is 0.0334 e. The third-order valence-corrected chi connectivity index (χ3v) is 5.05. The largest absolute Gasteiger partial charge is 0.315 e. The molecule has 0 radical (unpaired) electrons. The standard InChI is InChI=1S/C15H32N2/c1-6-15(4,17(7-2)8-3)14(16-5)13-11-9-10-12-13/h13-14,16H,6-12H2,1-5H3. The number of likely N-dealkylation sites (N-methyl/N-ethyl adjacent to an activating group) is 2. The van der Waals surface area contributed by atoms with E-state index in [4.69, 9.17) is 0 Å². The molecule has 2 nitrogen and oxygen atoms in total. The molecule has 1 rings (SSSR count). The molecule has 0 aromatic carbocycles. The fourth-order valence-electron chi connectivity index (χ4n) is 3.93. The predicted octanol–water partition coefficient (Wildman–Crippen LogP) is 3.28. The van der Waals surface area contributed by atoms with Crippen LogP contribution >= 0.6 is 0 Å². The third kappa shape index (κ3) is 3.03. The lowest BCUT2D eigenvalue weighted by atomic mass is 9.78. The number of hydrogen-bond donors (Lipinski definition) is 1. The molecule has 1 aliphatic rings. The summed E-state index contributed by atoms with van der Waals surface area (Å²) < 4.78 is 0. The summed E-state index contributed by atoms with van der Waals surface area (Å²) in [6.45, 7) is 11.7. The quantitative estimate of drug-likeness (QED) is 0.735. The van der Waals surface area contributed by atoms with Crippen LogP contribution < -0.4 is 5.32 Å². The van der Waals surface area contributed by atoms with E-state index in [1.54, 1.807) is 0 Å². The zero-order chi connectivity index (χ0) is 12.9. The van der Waals surface area contributed by atoms with Crippen molar-refractivity contribution in [3.63, 3.8) is 0 Å². The number of nitrogens with one attached hydrogen (secondary N) is 1. The van der Waals surface area contributed by atoms with Gasteiger partial charge in [0.2, 0.25) is 0 Å². The van der Waals surface area contributed by atoms with Crippen LogP contribution in [-0.2, 0) is 0 Å². The first-order valence-corrected chi connectivity index (χ1v) is 7.56. The van der Waals surface area contributed by atoms with Crippen LogP contribution in [0, 0.1) is 5.92 Å². The highest BCUT2D eigenvalue weighted by molar-refractivity contribution is 4.99. The molecule has 0 saturated heterocycles. The lowest BCUT2D eigenvalue weighted by molar-refractivity contribution is 0.0497. The fourth-order valence-corrected chi connectivity index (χ4v) is 3.93. The highest BCUT2D eigenvalue weighted by Gasteiger charge is 2.41. The van der Waals surface area contributed by atoms with Crippen molar-refractivity contribution in [1.82, 2.24) is 10.2 Å². The maximum Gasteiger partial charge on any atom is 0.0334 e. The van der Waals surface area contributed by atoms with Crippen LogP contribution in [-0.4, -0.2) is 36.6 Å². The Morgan fingerprint density at radius 2 is 1.71 bits per heavy atom. The van der Waals surface area contributed by atoms with E-state index in [9.17, 15) is 0 Å². The van der Waals surface area contributed by atoms with Crippen molar-refractivity contribution in [3.8, 4) is 0 Å². The minimum Gasteiger partial charge on any atom is -0.315 e. The van der Waals surface area contributed by atoms with Crippen molar-refractivity contribution in [1.29, 1.82) is 0 Å². The normalized spacial score (nSPS) is 22.9. The maximum atomic E-state index is 3.64. The molecule has 1 saturated carbocycles. The first-order chi connectivity index (χ1) is 8.13. The number of nitrogens with zero attached hydrogens (tertiary/aromatic N) is 1. The van der Waals surface area contributed by atoms with Gasteiger partial charge in [-0.15, -0.1) is 0 Å². The molecule has 102 valence electrons. The Hall–Kier alpha value is -0.0800. The average molecular weight is 240 g/mol. The molecule has 0 heterocycles. The van der Waals surface area contributed by atoms with Crippen LogP contribution in [0.25, 0.3) is 0 Å². The van der Waals surface area contributed by atoms with Crippen LogP contribution in [0.3, 0.4) is 0 Å². The molecule has 1 N–H and O–H groups in total. The van der Waals surface area contributed by atoms with Gasteiger partial charge in [0.1, 0.15) is 0 Å². The van der Waals surface area contributed by atoms with E-state index in [0.717, 1.165) is 19.0 Å². The Morgan fingerprint density at radius 1 is 1.18 bits per heavy atom. The van der Waals surface area contributed by atoms with Gasteiger partial charge in [0, 0.05) is 11.6 Å². The second-order valence-electron chi connectivity index (χ2n) is 5.69. The van der Waals surface area contributed by atoms with E-state index in [2.05, 4.69) is 45.0 Å². The second kappa shape index (κ2) is 6.75. The molecule has 2 heteroatoms. The lowest BCUT2D eigenvalue weighted by Gasteiger charge is -2.48. The molecule has 0 aromatic rings. The summed E-state index contributed by atoms with van der Waals surface area (Å²) in [6.07, 6.45) is 6.93. The molecule has 0 amide bonds. The van der Waals surface area contributed by atoms with Crippen molar-refractivity contribution < 1.29 is 0 Å². The molecule has 0 aromatic heterocycles. The first kappa shape index (κ1) is 15.0. The molecule has 2 atom stereocenters. The summed E-state index contributed by atoms with van der Waals surface area (Å²) in [4.78, 5) is 2.65. The van der Waals surface area contributed by atoms with Gasteiger partial charge in [-0.1, -0.05) is 33.6 Å². The van der Waals surface area contributed by atoms with Gasteiger partial charge in [0.25, 0.3) is 0 Å². The maximum absolute atomic E-state index is 3.64. The van der Waals surface area contributed by atoms with E-state index < -0.39 is 0 Å². The summed E-state index contributed by atoms with van der Waals surface area (Å²) in [5.41, 5.74) is 0.313. The molecule has 0 aliphatic heterocycles. The average Bonchev–Trinajstić information content (AvgIpc) is 2.85. The van der Waals surface area contributed by atoms with Gasteiger partial charge in [0.15, 0.2) is 0 Å². The Kier molecular flexibility index (Phi) is 5.94. The molecular formula is C15H32N2. The first-order valence-electron chi connectivity index (χ1n) is 7.56. The summed E-state index contributed by atoms with van der Waals surface area (Å²) in [5, 5.41) is 3.64. The van der Waals surface area contributed by atoms with Gasteiger partial charge in [-0.05, 0) is 52.2 Å². The van der Waals surface area contributed by atoms with Crippen LogP contribution in [0.2, 0.25) is 0 Å². The molecule has 1 fully saturated rings. The van der Waals surface area contributed by atoms with Gasteiger partial charge in [-0.2, -0.15) is 0 Å².